The van der Waals surface area contributed by atoms with Gasteiger partial charge >= 0.3 is 5.97 Å². The summed E-state index contributed by atoms with van der Waals surface area (Å²) in [7, 11) is 0. The van der Waals surface area contributed by atoms with Crippen LogP contribution in [-0.2, 0) is 14.3 Å². The molecule has 17 heavy (non-hydrogen) atoms. The Morgan fingerprint density at radius 3 is 2.24 bits per heavy atom. The van der Waals surface area contributed by atoms with Crippen molar-refractivity contribution in [3.8, 4) is 0 Å². The van der Waals surface area contributed by atoms with Crippen LogP contribution in [0.1, 0.15) is 52.4 Å². The minimum atomic E-state index is -0.788. The number of carbonyl (C=O) groups excluding carboxylic acids is 2. The Kier molecular flexibility index (Phi) is 3.55. The molecule has 0 spiro atoms. The van der Waals surface area contributed by atoms with E-state index in [1.165, 1.54) is 0 Å². The van der Waals surface area contributed by atoms with Gasteiger partial charge in [-0.15, -0.1) is 0 Å². The summed E-state index contributed by atoms with van der Waals surface area (Å²) in [6.07, 6.45) is 5.27. The number of Topliss-reactive ketones (excluding diaryl/α,β-unsaturated/α-hetero) is 1. The third-order valence-corrected chi connectivity index (χ3v) is 4.21. The van der Waals surface area contributed by atoms with Gasteiger partial charge in [-0.3, -0.25) is 9.59 Å². The second-order valence-corrected chi connectivity index (χ2v) is 5.62. The van der Waals surface area contributed by atoms with Crippen molar-refractivity contribution in [3.63, 3.8) is 0 Å². The maximum atomic E-state index is 12.4. The summed E-state index contributed by atoms with van der Waals surface area (Å²) >= 11 is 0. The van der Waals surface area contributed by atoms with Crippen molar-refractivity contribution in [1.82, 2.24) is 0 Å². The molecule has 0 amide bonds. The van der Waals surface area contributed by atoms with Gasteiger partial charge in [-0.1, -0.05) is 6.92 Å². The van der Waals surface area contributed by atoms with E-state index in [0.29, 0.717) is 25.4 Å². The van der Waals surface area contributed by atoms with Gasteiger partial charge in [0.05, 0.1) is 6.61 Å². The first-order valence-electron chi connectivity index (χ1n) is 6.81. The van der Waals surface area contributed by atoms with Crippen molar-refractivity contribution in [2.24, 2.45) is 17.3 Å². The minimum Gasteiger partial charge on any atom is -0.465 e. The van der Waals surface area contributed by atoms with Gasteiger partial charge in [-0.25, -0.2) is 0 Å². The van der Waals surface area contributed by atoms with Crippen LogP contribution in [0.15, 0.2) is 0 Å². The van der Waals surface area contributed by atoms with Crippen LogP contribution in [0, 0.1) is 17.3 Å². The van der Waals surface area contributed by atoms with Crippen LogP contribution in [0.2, 0.25) is 0 Å². The second-order valence-electron chi connectivity index (χ2n) is 5.62. The number of carbonyl (C=O) groups is 2. The lowest BCUT2D eigenvalue weighted by Gasteiger charge is -2.36. The summed E-state index contributed by atoms with van der Waals surface area (Å²) in [4.78, 5) is 24.6. The van der Waals surface area contributed by atoms with Crippen LogP contribution < -0.4 is 0 Å². The summed E-state index contributed by atoms with van der Waals surface area (Å²) in [5.74, 6) is 0.684. The van der Waals surface area contributed by atoms with E-state index >= 15 is 0 Å². The first kappa shape index (κ1) is 12.6. The fraction of sp³-hybridized carbons (Fsp3) is 0.857. The molecule has 2 saturated carbocycles. The molecule has 0 aliphatic heterocycles. The second kappa shape index (κ2) is 4.79. The zero-order valence-electron chi connectivity index (χ0n) is 10.8. The summed E-state index contributed by atoms with van der Waals surface area (Å²) < 4.78 is 5.16. The number of ketones is 1. The Hall–Kier alpha value is -0.860. The number of esters is 1. The maximum Gasteiger partial charge on any atom is 0.319 e. The molecule has 2 rings (SSSR count). The third-order valence-electron chi connectivity index (χ3n) is 4.21. The molecule has 2 aliphatic carbocycles. The van der Waals surface area contributed by atoms with Crippen molar-refractivity contribution in [1.29, 1.82) is 0 Å². The lowest BCUT2D eigenvalue weighted by molar-refractivity contribution is -0.163. The van der Waals surface area contributed by atoms with E-state index in [9.17, 15) is 9.59 Å². The number of ether oxygens (including phenoxy) is 1. The van der Waals surface area contributed by atoms with Crippen LogP contribution in [0.4, 0.5) is 0 Å². The standard InChI is InChI=1S/C14H22O3/c1-3-17-13(16)14(12(15)11-4-5-11)8-6-10(2)7-9-14/h10-11H,3-9H2,1-2H3. The average molecular weight is 238 g/mol. The highest BCUT2D eigenvalue weighted by atomic mass is 16.5. The van der Waals surface area contributed by atoms with Crippen molar-refractivity contribution in [2.75, 3.05) is 6.61 Å². The molecule has 96 valence electrons. The van der Waals surface area contributed by atoms with Crippen molar-refractivity contribution in [2.45, 2.75) is 52.4 Å². The smallest absolute Gasteiger partial charge is 0.319 e. The predicted octanol–water partition coefficient (Wildman–Crippen LogP) is 2.73. The Labute approximate surface area is 103 Å². The molecule has 0 bridgehead atoms. The summed E-state index contributed by atoms with van der Waals surface area (Å²) in [5.41, 5.74) is -0.788. The van der Waals surface area contributed by atoms with E-state index in [4.69, 9.17) is 4.74 Å². The fourth-order valence-corrected chi connectivity index (χ4v) is 2.81. The van der Waals surface area contributed by atoms with E-state index in [2.05, 4.69) is 6.92 Å². The molecular weight excluding hydrogens is 216 g/mol. The van der Waals surface area contributed by atoms with E-state index in [1.807, 2.05) is 0 Å². The highest BCUT2D eigenvalue weighted by molar-refractivity contribution is 6.05. The summed E-state index contributed by atoms with van der Waals surface area (Å²) in [6, 6.07) is 0. The molecule has 0 aromatic carbocycles. The number of hydrogen-bond acceptors (Lipinski definition) is 3. The Balaban J connectivity index is 2.16. The van der Waals surface area contributed by atoms with Gasteiger partial charge in [-0.2, -0.15) is 0 Å². The normalized spacial score (nSPS) is 33.2. The van der Waals surface area contributed by atoms with Gasteiger partial charge in [0.1, 0.15) is 5.41 Å². The molecule has 0 aromatic heterocycles. The van der Waals surface area contributed by atoms with Gasteiger partial charge < -0.3 is 4.74 Å². The van der Waals surface area contributed by atoms with Gasteiger partial charge in [-0.05, 0) is 51.4 Å². The topological polar surface area (TPSA) is 43.4 Å². The highest BCUT2D eigenvalue weighted by Crippen LogP contribution is 2.46. The number of hydrogen-bond donors (Lipinski definition) is 0. The van der Waals surface area contributed by atoms with Gasteiger partial charge in [0.15, 0.2) is 5.78 Å². The first-order chi connectivity index (χ1) is 8.10. The molecule has 0 saturated heterocycles. The molecule has 3 nitrogen and oxygen atoms in total. The number of rotatable bonds is 4. The molecule has 0 atom stereocenters. The third kappa shape index (κ3) is 2.38. The van der Waals surface area contributed by atoms with E-state index in [0.717, 1.165) is 25.7 Å². The average Bonchev–Trinajstić information content (AvgIpc) is 3.13. The molecule has 0 N–H and O–H groups in total. The Bertz CT molecular complexity index is 309. The molecule has 0 aromatic rings. The molecule has 2 fully saturated rings. The zero-order valence-corrected chi connectivity index (χ0v) is 10.8. The van der Waals surface area contributed by atoms with Crippen LogP contribution in [0.5, 0.6) is 0 Å². The van der Waals surface area contributed by atoms with Crippen molar-refractivity contribution in [3.05, 3.63) is 0 Å². The van der Waals surface area contributed by atoms with E-state index in [1.54, 1.807) is 6.92 Å². The molecule has 0 heterocycles. The van der Waals surface area contributed by atoms with Crippen LogP contribution in [-0.4, -0.2) is 18.4 Å². The van der Waals surface area contributed by atoms with Gasteiger partial charge in [0.2, 0.25) is 0 Å². The zero-order chi connectivity index (χ0) is 12.5. The van der Waals surface area contributed by atoms with Crippen LogP contribution >= 0.6 is 0 Å². The highest BCUT2D eigenvalue weighted by Gasteiger charge is 2.52. The van der Waals surface area contributed by atoms with Crippen molar-refractivity contribution >= 4 is 11.8 Å². The largest absolute Gasteiger partial charge is 0.465 e. The first-order valence-corrected chi connectivity index (χ1v) is 6.81. The maximum absolute atomic E-state index is 12.4. The fourth-order valence-electron chi connectivity index (χ4n) is 2.81. The van der Waals surface area contributed by atoms with Crippen LogP contribution in [0.25, 0.3) is 0 Å². The lowest BCUT2D eigenvalue weighted by Crippen LogP contribution is -2.44. The van der Waals surface area contributed by atoms with E-state index in [-0.39, 0.29) is 17.7 Å². The Morgan fingerprint density at radius 2 is 1.76 bits per heavy atom. The molecule has 2 aliphatic rings. The monoisotopic (exact) mass is 238 g/mol. The van der Waals surface area contributed by atoms with Crippen molar-refractivity contribution < 1.29 is 14.3 Å². The summed E-state index contributed by atoms with van der Waals surface area (Å²) in [6.45, 7) is 4.36. The lowest BCUT2D eigenvalue weighted by atomic mass is 9.67. The molecule has 3 heteroatoms. The molecule has 0 unspecified atom stereocenters. The molecule has 0 radical (unpaired) electrons. The summed E-state index contributed by atoms with van der Waals surface area (Å²) in [5, 5.41) is 0. The quantitative estimate of drug-likeness (QED) is 0.558. The SMILES string of the molecule is CCOC(=O)C1(C(=O)C2CC2)CCC(C)CC1. The minimum absolute atomic E-state index is 0.146. The van der Waals surface area contributed by atoms with E-state index < -0.39 is 5.41 Å². The predicted molar refractivity (Wildman–Crippen MR) is 64.4 cm³/mol. The molecular formula is C14H22O3. The van der Waals surface area contributed by atoms with Gasteiger partial charge in [0, 0.05) is 5.92 Å². The Morgan fingerprint density at radius 1 is 1.18 bits per heavy atom. The van der Waals surface area contributed by atoms with Crippen LogP contribution in [0.3, 0.4) is 0 Å². The van der Waals surface area contributed by atoms with Gasteiger partial charge in [0.25, 0.3) is 0 Å².